The van der Waals surface area contributed by atoms with Gasteiger partial charge in [0.1, 0.15) is 0 Å². The van der Waals surface area contributed by atoms with Crippen LogP contribution >= 0.6 is 0 Å². The van der Waals surface area contributed by atoms with E-state index in [-0.39, 0.29) is 31.2 Å². The summed E-state index contributed by atoms with van der Waals surface area (Å²) < 4.78 is 10.5. The highest BCUT2D eigenvalue weighted by molar-refractivity contribution is 6.00. The largest absolute Gasteiger partial charge is 0.493 e. The van der Waals surface area contributed by atoms with E-state index in [1.54, 1.807) is 25.1 Å². The zero-order valence-corrected chi connectivity index (χ0v) is 16.1. The SMILES string of the molecule is CC[C@@](C)(CC(=O)O)NC(=O)[C@H]1CC(=O)N(c2ccc(OC)c(OC)c2)C1. The number of amides is 2. The van der Waals surface area contributed by atoms with Crippen molar-refractivity contribution in [3.8, 4) is 11.5 Å². The molecule has 1 saturated heterocycles. The third kappa shape index (κ3) is 4.69. The fourth-order valence-electron chi connectivity index (χ4n) is 3.12. The van der Waals surface area contributed by atoms with Crippen LogP contribution in [0.4, 0.5) is 5.69 Å². The number of rotatable bonds is 8. The molecule has 8 nitrogen and oxygen atoms in total. The molecule has 1 aromatic carbocycles. The second-order valence-electron chi connectivity index (χ2n) is 6.92. The number of anilines is 1. The number of hydrogen-bond donors (Lipinski definition) is 2. The highest BCUT2D eigenvalue weighted by Gasteiger charge is 2.38. The first-order chi connectivity index (χ1) is 12.7. The van der Waals surface area contributed by atoms with Crippen LogP contribution in [0.25, 0.3) is 0 Å². The maximum atomic E-state index is 12.6. The summed E-state index contributed by atoms with van der Waals surface area (Å²) in [6.07, 6.45) is 0.382. The van der Waals surface area contributed by atoms with Gasteiger partial charge >= 0.3 is 5.97 Å². The van der Waals surface area contributed by atoms with E-state index in [0.29, 0.717) is 23.6 Å². The molecule has 2 rings (SSSR count). The number of hydrogen-bond acceptors (Lipinski definition) is 5. The van der Waals surface area contributed by atoms with Gasteiger partial charge in [0.15, 0.2) is 11.5 Å². The summed E-state index contributed by atoms with van der Waals surface area (Å²) in [5.41, 5.74) is -0.223. The highest BCUT2D eigenvalue weighted by Crippen LogP contribution is 2.34. The van der Waals surface area contributed by atoms with E-state index in [9.17, 15) is 14.4 Å². The summed E-state index contributed by atoms with van der Waals surface area (Å²) in [4.78, 5) is 37.6. The van der Waals surface area contributed by atoms with Gasteiger partial charge in [-0.25, -0.2) is 0 Å². The maximum absolute atomic E-state index is 12.6. The molecule has 0 saturated carbocycles. The van der Waals surface area contributed by atoms with E-state index in [1.807, 2.05) is 6.92 Å². The molecule has 0 spiro atoms. The van der Waals surface area contributed by atoms with Crippen molar-refractivity contribution in [3.05, 3.63) is 18.2 Å². The lowest BCUT2D eigenvalue weighted by atomic mass is 9.93. The van der Waals surface area contributed by atoms with Crippen molar-refractivity contribution in [2.45, 2.75) is 38.6 Å². The number of carbonyl (C=O) groups is 3. The molecule has 27 heavy (non-hydrogen) atoms. The van der Waals surface area contributed by atoms with Crippen molar-refractivity contribution in [1.82, 2.24) is 5.32 Å². The summed E-state index contributed by atoms with van der Waals surface area (Å²) in [7, 11) is 3.04. The van der Waals surface area contributed by atoms with Crippen molar-refractivity contribution >= 4 is 23.5 Å². The van der Waals surface area contributed by atoms with Crippen LogP contribution < -0.4 is 19.7 Å². The van der Waals surface area contributed by atoms with Gasteiger partial charge < -0.3 is 24.8 Å². The first kappa shape index (κ1) is 20.5. The molecular formula is C19H26N2O6. The molecule has 148 valence electrons. The van der Waals surface area contributed by atoms with Crippen LogP contribution in [0.1, 0.15) is 33.1 Å². The van der Waals surface area contributed by atoms with Crippen LogP contribution in [0.3, 0.4) is 0 Å². The summed E-state index contributed by atoms with van der Waals surface area (Å²) in [5, 5.41) is 11.9. The van der Waals surface area contributed by atoms with Crippen LogP contribution in [0.5, 0.6) is 11.5 Å². The summed E-state index contributed by atoms with van der Waals surface area (Å²) in [6, 6.07) is 5.13. The molecule has 1 aromatic rings. The van der Waals surface area contributed by atoms with Gasteiger partial charge in [-0.2, -0.15) is 0 Å². The Kier molecular flexibility index (Phi) is 6.30. The number of nitrogens with zero attached hydrogens (tertiary/aromatic N) is 1. The Balaban J connectivity index is 2.12. The molecule has 2 N–H and O–H groups in total. The standard InChI is InChI=1S/C19H26N2O6/c1-5-19(2,10-17(23)24)20-18(25)12-8-16(22)21(11-12)13-6-7-14(26-3)15(9-13)27-4/h6-7,9,12H,5,8,10-11H2,1-4H3,(H,20,25)(H,23,24)/t12-,19-/m0/s1. The maximum Gasteiger partial charge on any atom is 0.305 e. The minimum Gasteiger partial charge on any atom is -0.493 e. The van der Waals surface area contributed by atoms with E-state index in [4.69, 9.17) is 14.6 Å². The van der Waals surface area contributed by atoms with E-state index >= 15 is 0 Å². The molecule has 8 heteroatoms. The van der Waals surface area contributed by atoms with Gasteiger partial charge in [-0.15, -0.1) is 0 Å². The Morgan fingerprint density at radius 3 is 2.52 bits per heavy atom. The monoisotopic (exact) mass is 378 g/mol. The first-order valence-corrected chi connectivity index (χ1v) is 8.79. The minimum atomic E-state index is -0.978. The quantitative estimate of drug-likeness (QED) is 0.715. The second-order valence-corrected chi connectivity index (χ2v) is 6.92. The normalized spacial score (nSPS) is 18.7. The predicted octanol–water partition coefficient (Wildman–Crippen LogP) is 1.82. The number of benzene rings is 1. The Hall–Kier alpha value is -2.77. The molecule has 2 amide bonds. The van der Waals surface area contributed by atoms with Crippen LogP contribution in [0.15, 0.2) is 18.2 Å². The predicted molar refractivity (Wildman–Crippen MR) is 99.1 cm³/mol. The molecule has 1 aliphatic rings. The van der Waals surface area contributed by atoms with Crippen LogP contribution in [0, 0.1) is 5.92 Å². The van der Waals surface area contributed by atoms with E-state index in [2.05, 4.69) is 5.32 Å². The molecule has 0 bridgehead atoms. The van der Waals surface area contributed by atoms with Crippen molar-refractivity contribution < 1.29 is 29.0 Å². The number of nitrogens with one attached hydrogen (secondary N) is 1. The molecule has 0 radical (unpaired) electrons. The number of methoxy groups -OCH3 is 2. The minimum absolute atomic E-state index is 0.0764. The van der Waals surface area contributed by atoms with E-state index in [1.165, 1.54) is 19.1 Å². The molecule has 0 aromatic heterocycles. The topological polar surface area (TPSA) is 105 Å². The van der Waals surface area contributed by atoms with Gasteiger partial charge in [-0.1, -0.05) is 6.92 Å². The smallest absolute Gasteiger partial charge is 0.305 e. The molecule has 2 atom stereocenters. The number of ether oxygens (including phenoxy) is 2. The molecule has 1 fully saturated rings. The molecule has 1 heterocycles. The zero-order valence-electron chi connectivity index (χ0n) is 16.1. The fourth-order valence-corrected chi connectivity index (χ4v) is 3.12. The Morgan fingerprint density at radius 2 is 1.96 bits per heavy atom. The Bertz CT molecular complexity index is 735. The fraction of sp³-hybridized carbons (Fsp3) is 0.526. The van der Waals surface area contributed by atoms with Crippen molar-refractivity contribution in [1.29, 1.82) is 0 Å². The average molecular weight is 378 g/mol. The molecular weight excluding hydrogens is 352 g/mol. The summed E-state index contributed by atoms with van der Waals surface area (Å²) in [6.45, 7) is 3.74. The van der Waals surface area contributed by atoms with Crippen LogP contribution in [-0.4, -0.2) is 49.2 Å². The zero-order chi connectivity index (χ0) is 20.2. The van der Waals surface area contributed by atoms with Gasteiger partial charge in [0.05, 0.1) is 26.6 Å². The number of aliphatic carboxylic acids is 1. The van der Waals surface area contributed by atoms with Gasteiger partial charge in [-0.3, -0.25) is 14.4 Å². The number of carboxylic acids is 1. The lowest BCUT2D eigenvalue weighted by Gasteiger charge is -2.29. The van der Waals surface area contributed by atoms with E-state index in [0.717, 1.165) is 0 Å². The highest BCUT2D eigenvalue weighted by atomic mass is 16.5. The third-order valence-electron chi connectivity index (χ3n) is 4.92. The third-order valence-corrected chi connectivity index (χ3v) is 4.92. The van der Waals surface area contributed by atoms with Gasteiger partial charge in [0.25, 0.3) is 0 Å². The lowest BCUT2D eigenvalue weighted by Crippen LogP contribution is -2.49. The van der Waals surface area contributed by atoms with Gasteiger partial charge in [0, 0.05) is 30.3 Å². The first-order valence-electron chi connectivity index (χ1n) is 8.79. The molecule has 0 unspecified atom stereocenters. The van der Waals surface area contributed by atoms with Crippen molar-refractivity contribution in [2.75, 3.05) is 25.7 Å². The van der Waals surface area contributed by atoms with Crippen LogP contribution in [0.2, 0.25) is 0 Å². The lowest BCUT2D eigenvalue weighted by molar-refractivity contribution is -0.139. The van der Waals surface area contributed by atoms with Crippen molar-refractivity contribution in [3.63, 3.8) is 0 Å². The average Bonchev–Trinajstić information content (AvgIpc) is 3.02. The van der Waals surface area contributed by atoms with Gasteiger partial charge in [-0.05, 0) is 25.5 Å². The molecule has 0 aliphatic carbocycles. The van der Waals surface area contributed by atoms with Crippen LogP contribution in [-0.2, 0) is 14.4 Å². The Morgan fingerprint density at radius 1 is 1.30 bits per heavy atom. The molecule has 1 aliphatic heterocycles. The summed E-state index contributed by atoms with van der Waals surface area (Å²) >= 11 is 0. The summed E-state index contributed by atoms with van der Waals surface area (Å²) in [5.74, 6) is -0.944. The van der Waals surface area contributed by atoms with Crippen molar-refractivity contribution in [2.24, 2.45) is 5.92 Å². The second kappa shape index (κ2) is 8.28. The van der Waals surface area contributed by atoms with Gasteiger partial charge in [0.2, 0.25) is 11.8 Å². The Labute approximate surface area is 158 Å². The number of carbonyl (C=O) groups excluding carboxylic acids is 2. The number of carboxylic acid groups (broad SMARTS) is 1. The van der Waals surface area contributed by atoms with E-state index < -0.39 is 17.4 Å².